The van der Waals surface area contributed by atoms with Gasteiger partial charge in [0.15, 0.2) is 0 Å². The van der Waals surface area contributed by atoms with Gasteiger partial charge in [-0.3, -0.25) is 15.1 Å². The topological polar surface area (TPSA) is 68.1 Å². The number of aromatic nitrogens is 1. The van der Waals surface area contributed by atoms with Crippen molar-refractivity contribution >= 4 is 22.3 Å². The fourth-order valence-electron chi connectivity index (χ4n) is 2.21. The highest BCUT2D eigenvalue weighted by molar-refractivity contribution is 5.79. The Morgan fingerprint density at radius 2 is 1.95 bits per heavy atom. The van der Waals surface area contributed by atoms with Crippen LogP contribution in [-0.4, -0.2) is 9.91 Å². The molecule has 0 amide bonds. The normalized spacial score (nSPS) is 10.5. The molecule has 0 aliphatic heterocycles. The fraction of sp³-hybridized carbons (Fsp3) is 0.0625. The van der Waals surface area contributed by atoms with Crippen molar-refractivity contribution in [2.45, 2.75) is 6.54 Å². The molecular weight excluding hydrogens is 266 g/mol. The number of nitrogens with zero attached hydrogens (tertiary/aromatic N) is 2. The molecule has 0 atom stereocenters. The molecule has 104 valence electrons. The Labute approximate surface area is 121 Å². The SMILES string of the molecule is O=[N+]([O-])c1ccccc1NCc1ccc2ncccc2c1. The number of nitro groups is 1. The second-order valence-electron chi connectivity index (χ2n) is 4.66. The van der Waals surface area contributed by atoms with E-state index in [2.05, 4.69) is 10.3 Å². The lowest BCUT2D eigenvalue weighted by atomic mass is 10.1. The summed E-state index contributed by atoms with van der Waals surface area (Å²) in [7, 11) is 0. The van der Waals surface area contributed by atoms with E-state index >= 15 is 0 Å². The minimum Gasteiger partial charge on any atom is -0.375 e. The minimum atomic E-state index is -0.382. The fourth-order valence-corrected chi connectivity index (χ4v) is 2.21. The average molecular weight is 279 g/mol. The highest BCUT2D eigenvalue weighted by atomic mass is 16.6. The number of pyridine rings is 1. The van der Waals surface area contributed by atoms with E-state index < -0.39 is 0 Å². The number of nitrogens with one attached hydrogen (secondary N) is 1. The highest BCUT2D eigenvalue weighted by Gasteiger charge is 2.11. The second kappa shape index (κ2) is 5.58. The Morgan fingerprint density at radius 1 is 1.10 bits per heavy atom. The van der Waals surface area contributed by atoms with Crippen LogP contribution < -0.4 is 5.32 Å². The van der Waals surface area contributed by atoms with Crippen LogP contribution in [0.4, 0.5) is 11.4 Å². The number of hydrogen-bond donors (Lipinski definition) is 1. The Bertz CT molecular complexity index is 802. The zero-order valence-corrected chi connectivity index (χ0v) is 11.2. The number of rotatable bonds is 4. The summed E-state index contributed by atoms with van der Waals surface area (Å²) in [5.41, 5.74) is 2.59. The van der Waals surface area contributed by atoms with Crippen LogP contribution in [0.2, 0.25) is 0 Å². The van der Waals surface area contributed by atoms with Crippen LogP contribution in [0.5, 0.6) is 0 Å². The van der Waals surface area contributed by atoms with Gasteiger partial charge in [-0.15, -0.1) is 0 Å². The number of hydrogen-bond acceptors (Lipinski definition) is 4. The van der Waals surface area contributed by atoms with Crippen molar-refractivity contribution in [3.8, 4) is 0 Å². The van der Waals surface area contributed by atoms with Crippen LogP contribution >= 0.6 is 0 Å². The van der Waals surface area contributed by atoms with Crippen LogP contribution in [0.25, 0.3) is 10.9 Å². The summed E-state index contributed by atoms with van der Waals surface area (Å²) in [6.45, 7) is 0.523. The maximum atomic E-state index is 11.0. The molecule has 5 heteroatoms. The smallest absolute Gasteiger partial charge is 0.292 e. The standard InChI is InChI=1S/C16H13N3O2/c20-19(21)16-6-2-1-5-15(16)18-11-12-7-8-14-13(10-12)4-3-9-17-14/h1-10,18H,11H2. The highest BCUT2D eigenvalue weighted by Crippen LogP contribution is 2.24. The summed E-state index contributed by atoms with van der Waals surface area (Å²) in [5, 5.41) is 15.1. The van der Waals surface area contributed by atoms with E-state index in [1.54, 1.807) is 24.4 Å². The van der Waals surface area contributed by atoms with E-state index in [9.17, 15) is 10.1 Å². The van der Waals surface area contributed by atoms with Crippen molar-refractivity contribution in [3.05, 3.63) is 76.5 Å². The Hall–Kier alpha value is -2.95. The molecule has 5 nitrogen and oxygen atoms in total. The molecule has 21 heavy (non-hydrogen) atoms. The summed E-state index contributed by atoms with van der Waals surface area (Å²) >= 11 is 0. The maximum Gasteiger partial charge on any atom is 0.292 e. The predicted octanol–water partition coefficient (Wildman–Crippen LogP) is 3.76. The molecule has 1 N–H and O–H groups in total. The van der Waals surface area contributed by atoms with Crippen molar-refractivity contribution in [2.75, 3.05) is 5.32 Å². The number of para-hydroxylation sites is 2. The molecule has 0 fully saturated rings. The molecule has 0 aliphatic rings. The molecule has 0 radical (unpaired) electrons. The monoisotopic (exact) mass is 279 g/mol. The molecule has 0 saturated heterocycles. The molecule has 1 aromatic heterocycles. The zero-order valence-electron chi connectivity index (χ0n) is 11.2. The molecule has 3 aromatic rings. The van der Waals surface area contributed by atoms with Crippen LogP contribution in [0.3, 0.4) is 0 Å². The first-order valence-corrected chi connectivity index (χ1v) is 6.55. The zero-order chi connectivity index (χ0) is 14.7. The number of nitro benzene ring substituents is 1. The summed E-state index contributed by atoms with van der Waals surface area (Å²) in [6.07, 6.45) is 1.76. The van der Waals surface area contributed by atoms with Gasteiger partial charge in [0.25, 0.3) is 5.69 Å². The summed E-state index contributed by atoms with van der Waals surface area (Å²) in [4.78, 5) is 14.9. The van der Waals surface area contributed by atoms with Crippen LogP contribution in [0.15, 0.2) is 60.8 Å². The van der Waals surface area contributed by atoms with Crippen LogP contribution in [0.1, 0.15) is 5.56 Å². The molecule has 0 bridgehead atoms. The number of benzene rings is 2. The lowest BCUT2D eigenvalue weighted by molar-refractivity contribution is -0.384. The van der Waals surface area contributed by atoms with Gasteiger partial charge in [0.05, 0.1) is 10.4 Å². The largest absolute Gasteiger partial charge is 0.375 e. The van der Waals surface area contributed by atoms with Gasteiger partial charge in [0.2, 0.25) is 0 Å². The maximum absolute atomic E-state index is 11.0. The van der Waals surface area contributed by atoms with Gasteiger partial charge < -0.3 is 5.32 Å². The van der Waals surface area contributed by atoms with Gasteiger partial charge in [-0.2, -0.15) is 0 Å². The molecule has 0 unspecified atom stereocenters. The van der Waals surface area contributed by atoms with Crippen molar-refractivity contribution < 1.29 is 4.92 Å². The van der Waals surface area contributed by atoms with E-state index in [1.165, 1.54) is 6.07 Å². The Morgan fingerprint density at radius 3 is 2.81 bits per heavy atom. The van der Waals surface area contributed by atoms with Crippen molar-refractivity contribution in [3.63, 3.8) is 0 Å². The van der Waals surface area contributed by atoms with Gasteiger partial charge in [-0.25, -0.2) is 0 Å². The van der Waals surface area contributed by atoms with E-state index in [0.29, 0.717) is 12.2 Å². The molecule has 0 saturated carbocycles. The first kappa shape index (κ1) is 13.1. The minimum absolute atomic E-state index is 0.0833. The molecule has 2 aromatic carbocycles. The summed E-state index contributed by atoms with van der Waals surface area (Å²) in [6, 6.07) is 16.5. The molecule has 1 heterocycles. The Kier molecular flexibility index (Phi) is 3.47. The van der Waals surface area contributed by atoms with Gasteiger partial charge in [0.1, 0.15) is 5.69 Å². The molecule has 3 rings (SSSR count). The van der Waals surface area contributed by atoms with Gasteiger partial charge >= 0.3 is 0 Å². The van der Waals surface area contributed by atoms with Gasteiger partial charge in [-0.1, -0.05) is 24.3 Å². The van der Waals surface area contributed by atoms with Gasteiger partial charge in [0, 0.05) is 24.2 Å². The first-order chi connectivity index (χ1) is 10.2. The first-order valence-electron chi connectivity index (χ1n) is 6.55. The van der Waals surface area contributed by atoms with Crippen LogP contribution in [0, 0.1) is 10.1 Å². The van der Waals surface area contributed by atoms with Crippen molar-refractivity contribution in [1.29, 1.82) is 0 Å². The molecule has 0 aliphatic carbocycles. The van der Waals surface area contributed by atoms with Crippen LogP contribution in [-0.2, 0) is 6.54 Å². The predicted molar refractivity (Wildman–Crippen MR) is 82.2 cm³/mol. The van der Waals surface area contributed by atoms with E-state index in [1.807, 2.05) is 30.3 Å². The third-order valence-corrected chi connectivity index (χ3v) is 3.25. The van der Waals surface area contributed by atoms with E-state index in [-0.39, 0.29) is 10.6 Å². The van der Waals surface area contributed by atoms with E-state index in [4.69, 9.17) is 0 Å². The summed E-state index contributed by atoms with van der Waals surface area (Å²) in [5.74, 6) is 0. The molecule has 0 spiro atoms. The summed E-state index contributed by atoms with van der Waals surface area (Å²) < 4.78 is 0. The lowest BCUT2D eigenvalue weighted by Crippen LogP contribution is -2.02. The lowest BCUT2D eigenvalue weighted by Gasteiger charge is -2.07. The molecular formula is C16H13N3O2. The van der Waals surface area contributed by atoms with Crippen molar-refractivity contribution in [1.82, 2.24) is 4.98 Å². The van der Waals surface area contributed by atoms with E-state index in [0.717, 1.165) is 16.5 Å². The average Bonchev–Trinajstić information content (AvgIpc) is 2.53. The third kappa shape index (κ3) is 2.81. The quantitative estimate of drug-likeness (QED) is 0.583. The third-order valence-electron chi connectivity index (χ3n) is 3.25. The Balaban J connectivity index is 1.82. The number of anilines is 1. The second-order valence-corrected chi connectivity index (χ2v) is 4.66. The number of fused-ring (bicyclic) bond motifs is 1. The van der Waals surface area contributed by atoms with Crippen molar-refractivity contribution in [2.24, 2.45) is 0 Å². The van der Waals surface area contributed by atoms with Gasteiger partial charge in [-0.05, 0) is 29.8 Å².